The summed E-state index contributed by atoms with van der Waals surface area (Å²) in [4.78, 5) is 16.8. The summed E-state index contributed by atoms with van der Waals surface area (Å²) in [5, 5.41) is 6.47. The van der Waals surface area contributed by atoms with Crippen molar-refractivity contribution < 1.29 is 22.0 Å². The number of thiazole rings is 1. The fourth-order valence-electron chi connectivity index (χ4n) is 3.22. The standard InChI is InChI=1S/C19H17F2N3O3S3/c20-14-4-3-13(10-15(14)21)16-11-29-19(22-16)23-18(25)12-5-7-24(8-6-12)30(26,27)17-2-1-9-28-17/h1-4,9-12H,5-8H2,(H,22,23,25). The number of sulfonamides is 1. The molecule has 1 N–H and O–H groups in total. The number of hydrogen-bond acceptors (Lipinski definition) is 6. The lowest BCUT2D eigenvalue weighted by molar-refractivity contribution is -0.120. The molecule has 0 bridgehead atoms. The topological polar surface area (TPSA) is 79.4 Å². The van der Waals surface area contributed by atoms with Crippen LogP contribution < -0.4 is 5.32 Å². The van der Waals surface area contributed by atoms with E-state index in [2.05, 4.69) is 10.3 Å². The lowest BCUT2D eigenvalue weighted by atomic mass is 9.97. The van der Waals surface area contributed by atoms with Gasteiger partial charge >= 0.3 is 0 Å². The number of hydrogen-bond donors (Lipinski definition) is 1. The highest BCUT2D eigenvalue weighted by atomic mass is 32.2. The SMILES string of the molecule is O=C(Nc1nc(-c2ccc(F)c(F)c2)cs1)C1CCN(S(=O)(=O)c2cccs2)CC1. The molecule has 2 aromatic heterocycles. The minimum atomic E-state index is -3.51. The van der Waals surface area contributed by atoms with Crippen LogP contribution in [0.4, 0.5) is 13.9 Å². The summed E-state index contributed by atoms with van der Waals surface area (Å²) in [6.07, 6.45) is 0.829. The van der Waals surface area contributed by atoms with Crippen LogP contribution >= 0.6 is 22.7 Å². The number of carbonyl (C=O) groups is 1. The summed E-state index contributed by atoms with van der Waals surface area (Å²) >= 11 is 2.36. The normalized spacial score (nSPS) is 15.9. The molecule has 158 valence electrons. The Hall–Kier alpha value is -2.21. The Morgan fingerprint density at radius 3 is 2.57 bits per heavy atom. The number of piperidine rings is 1. The van der Waals surface area contributed by atoms with Gasteiger partial charge in [-0.2, -0.15) is 4.31 Å². The van der Waals surface area contributed by atoms with E-state index in [4.69, 9.17) is 0 Å². The van der Waals surface area contributed by atoms with E-state index in [0.717, 1.165) is 12.1 Å². The van der Waals surface area contributed by atoms with Crippen LogP contribution in [0.2, 0.25) is 0 Å². The monoisotopic (exact) mass is 469 g/mol. The van der Waals surface area contributed by atoms with E-state index in [-0.39, 0.29) is 24.9 Å². The van der Waals surface area contributed by atoms with Gasteiger partial charge in [0.2, 0.25) is 5.91 Å². The van der Waals surface area contributed by atoms with Gasteiger partial charge in [-0.25, -0.2) is 22.2 Å². The highest BCUT2D eigenvalue weighted by molar-refractivity contribution is 7.91. The van der Waals surface area contributed by atoms with Crippen molar-refractivity contribution in [2.24, 2.45) is 5.92 Å². The van der Waals surface area contributed by atoms with Crippen LogP contribution in [0.25, 0.3) is 11.3 Å². The maximum atomic E-state index is 13.4. The van der Waals surface area contributed by atoms with Gasteiger partial charge in [0.1, 0.15) is 4.21 Å². The number of nitrogens with one attached hydrogen (secondary N) is 1. The lowest BCUT2D eigenvalue weighted by Gasteiger charge is -2.29. The lowest BCUT2D eigenvalue weighted by Crippen LogP contribution is -2.41. The third-order valence-corrected chi connectivity index (χ3v) is 8.89. The second kappa shape index (κ2) is 8.50. The van der Waals surface area contributed by atoms with Crippen LogP contribution in [0.5, 0.6) is 0 Å². The molecule has 1 aliphatic rings. The molecule has 1 saturated heterocycles. The fourth-order valence-corrected chi connectivity index (χ4v) is 6.56. The highest BCUT2D eigenvalue weighted by Gasteiger charge is 2.32. The van der Waals surface area contributed by atoms with E-state index in [1.165, 1.54) is 33.0 Å². The second-order valence-electron chi connectivity index (χ2n) is 6.77. The van der Waals surface area contributed by atoms with Gasteiger partial charge in [-0.1, -0.05) is 6.07 Å². The van der Waals surface area contributed by atoms with E-state index in [1.807, 2.05) is 0 Å². The molecule has 1 amide bonds. The third kappa shape index (κ3) is 4.29. The quantitative estimate of drug-likeness (QED) is 0.608. The number of nitrogens with zero attached hydrogens (tertiary/aromatic N) is 2. The molecule has 0 atom stereocenters. The van der Waals surface area contributed by atoms with E-state index in [0.29, 0.717) is 33.4 Å². The van der Waals surface area contributed by atoms with Crippen LogP contribution in [0, 0.1) is 17.6 Å². The molecule has 4 rings (SSSR count). The molecular weight excluding hydrogens is 452 g/mol. The summed E-state index contributed by atoms with van der Waals surface area (Å²) in [6.45, 7) is 0.548. The number of aromatic nitrogens is 1. The zero-order valence-electron chi connectivity index (χ0n) is 15.5. The van der Waals surface area contributed by atoms with Crippen LogP contribution in [0.15, 0.2) is 45.3 Å². The first kappa shape index (κ1) is 21.0. The molecule has 3 aromatic rings. The van der Waals surface area contributed by atoms with E-state index in [1.54, 1.807) is 22.9 Å². The van der Waals surface area contributed by atoms with Gasteiger partial charge in [0.05, 0.1) is 5.69 Å². The second-order valence-corrected chi connectivity index (χ2v) is 10.7. The molecule has 11 heteroatoms. The molecule has 0 radical (unpaired) electrons. The zero-order chi connectivity index (χ0) is 21.3. The average Bonchev–Trinajstić information content (AvgIpc) is 3.43. The first-order valence-corrected chi connectivity index (χ1v) is 12.3. The van der Waals surface area contributed by atoms with Crippen molar-refractivity contribution in [3.05, 3.63) is 52.7 Å². The first-order valence-electron chi connectivity index (χ1n) is 9.10. The van der Waals surface area contributed by atoms with Crippen molar-refractivity contribution >= 4 is 43.7 Å². The summed E-state index contributed by atoms with van der Waals surface area (Å²) < 4.78 is 53.4. The van der Waals surface area contributed by atoms with Crippen molar-refractivity contribution in [3.8, 4) is 11.3 Å². The Labute approximate surface area is 180 Å². The van der Waals surface area contributed by atoms with Crippen LogP contribution in [0.1, 0.15) is 12.8 Å². The average molecular weight is 470 g/mol. The Morgan fingerprint density at radius 2 is 1.90 bits per heavy atom. The number of benzene rings is 1. The van der Waals surface area contributed by atoms with Crippen LogP contribution in [-0.2, 0) is 14.8 Å². The summed E-state index contributed by atoms with van der Waals surface area (Å²) in [5.41, 5.74) is 0.851. The highest BCUT2D eigenvalue weighted by Crippen LogP contribution is 2.29. The van der Waals surface area contributed by atoms with Gasteiger partial charge in [0.15, 0.2) is 16.8 Å². The molecule has 3 heterocycles. The van der Waals surface area contributed by atoms with Crippen molar-refractivity contribution in [2.45, 2.75) is 17.1 Å². The van der Waals surface area contributed by atoms with Crippen molar-refractivity contribution in [1.82, 2.24) is 9.29 Å². The Balaban J connectivity index is 1.36. The zero-order valence-corrected chi connectivity index (χ0v) is 18.0. The number of halogens is 2. The molecule has 1 aromatic carbocycles. The fraction of sp³-hybridized carbons (Fsp3) is 0.263. The number of thiophene rings is 1. The predicted molar refractivity (Wildman–Crippen MR) is 112 cm³/mol. The Bertz CT molecular complexity index is 1150. The summed E-state index contributed by atoms with van der Waals surface area (Å²) in [6, 6.07) is 6.77. The maximum absolute atomic E-state index is 13.4. The minimum absolute atomic E-state index is 0.227. The molecule has 6 nitrogen and oxygen atoms in total. The molecule has 0 unspecified atom stereocenters. The Kier molecular flexibility index (Phi) is 5.96. The minimum Gasteiger partial charge on any atom is -0.302 e. The summed E-state index contributed by atoms with van der Waals surface area (Å²) in [5.74, 6) is -2.45. The van der Waals surface area contributed by atoms with Crippen LogP contribution in [-0.4, -0.2) is 36.7 Å². The molecule has 0 spiro atoms. The molecule has 0 saturated carbocycles. The van der Waals surface area contributed by atoms with Gasteiger partial charge in [-0.05, 0) is 42.5 Å². The van der Waals surface area contributed by atoms with Gasteiger partial charge in [-0.3, -0.25) is 4.79 Å². The molecular formula is C19H17F2N3O3S3. The maximum Gasteiger partial charge on any atom is 0.252 e. The van der Waals surface area contributed by atoms with Crippen molar-refractivity contribution in [1.29, 1.82) is 0 Å². The smallest absolute Gasteiger partial charge is 0.252 e. The first-order chi connectivity index (χ1) is 14.3. The number of amides is 1. The molecule has 1 fully saturated rings. The molecule has 0 aliphatic carbocycles. The predicted octanol–water partition coefficient (Wildman–Crippen LogP) is 4.19. The van der Waals surface area contributed by atoms with Gasteiger partial charge in [0, 0.05) is 30.0 Å². The molecule has 1 aliphatic heterocycles. The number of rotatable bonds is 5. The number of anilines is 1. The van der Waals surface area contributed by atoms with Crippen molar-refractivity contribution in [2.75, 3.05) is 18.4 Å². The van der Waals surface area contributed by atoms with Crippen molar-refractivity contribution in [3.63, 3.8) is 0 Å². The van der Waals surface area contributed by atoms with Gasteiger partial charge < -0.3 is 5.32 Å². The van der Waals surface area contributed by atoms with Crippen LogP contribution in [0.3, 0.4) is 0 Å². The van der Waals surface area contributed by atoms with E-state index < -0.39 is 21.7 Å². The largest absolute Gasteiger partial charge is 0.302 e. The third-order valence-electron chi connectivity index (χ3n) is 4.86. The Morgan fingerprint density at radius 1 is 1.13 bits per heavy atom. The van der Waals surface area contributed by atoms with Gasteiger partial charge in [-0.15, -0.1) is 22.7 Å². The summed E-state index contributed by atoms with van der Waals surface area (Å²) in [7, 11) is -3.51. The van der Waals surface area contributed by atoms with Gasteiger partial charge in [0.25, 0.3) is 10.0 Å². The number of carbonyl (C=O) groups excluding carboxylic acids is 1. The van der Waals surface area contributed by atoms with E-state index in [9.17, 15) is 22.0 Å². The molecule has 30 heavy (non-hydrogen) atoms. The van der Waals surface area contributed by atoms with E-state index >= 15 is 0 Å².